The molecule has 1 amide bonds. The summed E-state index contributed by atoms with van der Waals surface area (Å²) in [6.07, 6.45) is 1.35. The number of carbonyl (C=O) groups is 1. The van der Waals surface area contributed by atoms with Gasteiger partial charge in [-0.1, -0.05) is 59.0 Å². The van der Waals surface area contributed by atoms with E-state index in [1.54, 1.807) is 27.8 Å². The van der Waals surface area contributed by atoms with Gasteiger partial charge in [0.25, 0.3) is 0 Å². The highest BCUT2D eigenvalue weighted by atomic mass is 33.1. The summed E-state index contributed by atoms with van der Waals surface area (Å²) >= 11 is 0. The molecule has 2 aromatic carbocycles. The molecule has 6 nitrogen and oxygen atoms in total. The van der Waals surface area contributed by atoms with Crippen LogP contribution in [0.15, 0.2) is 78.0 Å². The SMILES string of the molecule is O=C(NCCN1Cc2ccccc2C#Cc2ccccc21)OCCOCCSSc1ccccn1. The zero-order chi connectivity index (χ0) is 24.1. The maximum Gasteiger partial charge on any atom is 0.407 e. The summed E-state index contributed by atoms with van der Waals surface area (Å²) in [5.41, 5.74) is 4.26. The number of carbonyl (C=O) groups excluding carboxylic acids is 1. The van der Waals surface area contributed by atoms with Gasteiger partial charge in [-0.15, -0.1) is 0 Å². The van der Waals surface area contributed by atoms with Gasteiger partial charge in [0, 0.05) is 42.7 Å². The number of ether oxygens (including phenoxy) is 2. The molecule has 0 atom stereocenters. The minimum absolute atomic E-state index is 0.222. The van der Waals surface area contributed by atoms with E-state index in [2.05, 4.69) is 39.2 Å². The first-order valence-corrected chi connectivity index (χ1v) is 13.7. The Kier molecular flexibility index (Phi) is 9.77. The van der Waals surface area contributed by atoms with Gasteiger partial charge < -0.3 is 19.7 Å². The summed E-state index contributed by atoms with van der Waals surface area (Å²) in [6, 6.07) is 22.1. The molecule has 180 valence electrons. The number of nitrogens with one attached hydrogen (secondary N) is 1. The first-order valence-electron chi connectivity index (χ1n) is 11.4. The van der Waals surface area contributed by atoms with Crippen molar-refractivity contribution in [2.75, 3.05) is 43.6 Å². The van der Waals surface area contributed by atoms with Crippen LogP contribution in [0.5, 0.6) is 0 Å². The largest absolute Gasteiger partial charge is 0.447 e. The Morgan fingerprint density at radius 2 is 1.77 bits per heavy atom. The number of anilines is 1. The molecule has 0 aliphatic carbocycles. The van der Waals surface area contributed by atoms with Gasteiger partial charge in [-0.2, -0.15) is 0 Å². The number of aromatic nitrogens is 1. The zero-order valence-corrected chi connectivity index (χ0v) is 20.9. The average molecular weight is 506 g/mol. The van der Waals surface area contributed by atoms with Crippen LogP contribution in [0.25, 0.3) is 0 Å². The third kappa shape index (κ3) is 7.96. The van der Waals surface area contributed by atoms with Crippen molar-refractivity contribution in [1.82, 2.24) is 10.3 Å². The zero-order valence-electron chi connectivity index (χ0n) is 19.3. The highest BCUT2D eigenvalue weighted by Gasteiger charge is 2.15. The van der Waals surface area contributed by atoms with E-state index in [4.69, 9.17) is 9.47 Å². The molecular weight excluding hydrogens is 478 g/mol. The lowest BCUT2D eigenvalue weighted by Gasteiger charge is -2.27. The molecule has 0 fully saturated rings. The lowest BCUT2D eigenvalue weighted by Crippen LogP contribution is -2.36. The fraction of sp³-hybridized carbons (Fsp3) is 0.259. The van der Waals surface area contributed by atoms with Crippen LogP contribution < -0.4 is 10.2 Å². The van der Waals surface area contributed by atoms with Gasteiger partial charge in [-0.3, -0.25) is 0 Å². The van der Waals surface area contributed by atoms with Crippen molar-refractivity contribution in [2.45, 2.75) is 11.6 Å². The molecule has 1 aliphatic rings. The van der Waals surface area contributed by atoms with Crippen LogP contribution in [-0.4, -0.2) is 49.7 Å². The van der Waals surface area contributed by atoms with Gasteiger partial charge in [0.1, 0.15) is 11.6 Å². The Labute approximate surface area is 214 Å². The number of amides is 1. The molecule has 3 aromatic rings. The number of rotatable bonds is 11. The van der Waals surface area contributed by atoms with Gasteiger partial charge in [0.2, 0.25) is 0 Å². The minimum Gasteiger partial charge on any atom is -0.447 e. The minimum atomic E-state index is -0.436. The second-order valence-electron chi connectivity index (χ2n) is 7.59. The lowest BCUT2D eigenvalue weighted by atomic mass is 10.0. The van der Waals surface area contributed by atoms with Crippen molar-refractivity contribution in [2.24, 2.45) is 0 Å². The fourth-order valence-corrected chi connectivity index (χ4v) is 5.23. The van der Waals surface area contributed by atoms with Gasteiger partial charge in [0.15, 0.2) is 0 Å². The van der Waals surface area contributed by atoms with Crippen LogP contribution in [0, 0.1) is 11.8 Å². The predicted molar refractivity (Wildman–Crippen MR) is 143 cm³/mol. The Balaban J connectivity index is 1.14. The Morgan fingerprint density at radius 1 is 0.971 bits per heavy atom. The molecule has 0 saturated heterocycles. The third-order valence-corrected chi connectivity index (χ3v) is 7.39. The van der Waals surface area contributed by atoms with E-state index in [1.807, 2.05) is 54.6 Å². The summed E-state index contributed by atoms with van der Waals surface area (Å²) in [5, 5.41) is 3.82. The lowest BCUT2D eigenvalue weighted by molar-refractivity contribution is 0.0802. The van der Waals surface area contributed by atoms with Gasteiger partial charge >= 0.3 is 6.09 Å². The smallest absolute Gasteiger partial charge is 0.407 e. The number of hydrogen-bond acceptors (Lipinski definition) is 7. The van der Waals surface area contributed by atoms with Crippen LogP contribution in [0.3, 0.4) is 0 Å². The average Bonchev–Trinajstić information content (AvgIpc) is 2.88. The van der Waals surface area contributed by atoms with Gasteiger partial charge in [0.05, 0.1) is 18.9 Å². The molecule has 0 saturated carbocycles. The molecule has 4 rings (SSSR count). The number of pyridine rings is 1. The topological polar surface area (TPSA) is 63.7 Å². The van der Waals surface area contributed by atoms with Crippen LogP contribution >= 0.6 is 21.6 Å². The Hall–Kier alpha value is -3.12. The van der Waals surface area contributed by atoms with Crippen LogP contribution in [0.4, 0.5) is 10.5 Å². The van der Waals surface area contributed by atoms with Crippen molar-refractivity contribution in [3.05, 3.63) is 89.6 Å². The summed E-state index contributed by atoms with van der Waals surface area (Å²) in [4.78, 5) is 18.6. The van der Waals surface area contributed by atoms with Crippen molar-refractivity contribution in [3.63, 3.8) is 0 Å². The van der Waals surface area contributed by atoms with E-state index in [0.717, 1.165) is 34.1 Å². The maximum absolute atomic E-state index is 12.1. The highest BCUT2D eigenvalue weighted by molar-refractivity contribution is 8.76. The van der Waals surface area contributed by atoms with Crippen LogP contribution in [0.1, 0.15) is 16.7 Å². The second-order valence-corrected chi connectivity index (χ2v) is 10.0. The molecule has 1 aromatic heterocycles. The summed E-state index contributed by atoms with van der Waals surface area (Å²) in [7, 11) is 3.31. The van der Waals surface area contributed by atoms with Gasteiger partial charge in [-0.05, 0) is 46.7 Å². The molecule has 0 bridgehead atoms. The van der Waals surface area contributed by atoms with Crippen molar-refractivity contribution in [1.29, 1.82) is 0 Å². The van der Waals surface area contributed by atoms with Crippen molar-refractivity contribution in [3.8, 4) is 11.8 Å². The monoisotopic (exact) mass is 505 g/mol. The maximum atomic E-state index is 12.1. The first kappa shape index (κ1) is 25.0. The summed E-state index contributed by atoms with van der Waals surface area (Å²) < 4.78 is 10.8. The molecule has 8 heteroatoms. The third-order valence-electron chi connectivity index (χ3n) is 5.16. The van der Waals surface area contributed by atoms with E-state index in [-0.39, 0.29) is 6.61 Å². The number of nitrogens with zero attached hydrogens (tertiary/aromatic N) is 2. The van der Waals surface area contributed by atoms with Gasteiger partial charge in [-0.25, -0.2) is 9.78 Å². The second kappa shape index (κ2) is 13.7. The number of hydrogen-bond donors (Lipinski definition) is 1. The normalized spacial score (nSPS) is 11.8. The standard InChI is InChI=1S/C27H27N3O3S2/c31-27(33-18-17-32-19-20-34-35-26-11-5-6-14-28-26)29-15-16-30-21-24-9-2-1-7-22(24)12-13-23-8-3-4-10-25(23)30/h1-11,14H,15-21H2,(H,29,31). The highest BCUT2D eigenvalue weighted by Crippen LogP contribution is 2.28. The van der Waals surface area contributed by atoms with Crippen molar-refractivity contribution >= 4 is 33.4 Å². The first-order chi connectivity index (χ1) is 17.3. The summed E-state index contributed by atoms with van der Waals surface area (Å²) in [5.74, 6) is 7.40. The number of para-hydroxylation sites is 1. The molecular formula is C27H27N3O3S2. The molecule has 35 heavy (non-hydrogen) atoms. The Bertz CT molecular complexity index is 1160. The molecule has 1 N–H and O–H groups in total. The molecule has 0 radical (unpaired) electrons. The predicted octanol–water partition coefficient (Wildman–Crippen LogP) is 4.98. The van der Waals surface area contributed by atoms with E-state index in [9.17, 15) is 4.79 Å². The summed E-state index contributed by atoms with van der Waals surface area (Å²) in [6.45, 7) is 3.02. The Morgan fingerprint density at radius 3 is 2.66 bits per heavy atom. The molecule has 2 heterocycles. The van der Waals surface area contributed by atoms with Crippen LogP contribution in [-0.2, 0) is 16.0 Å². The number of alkyl carbamates (subject to hydrolysis) is 1. The van der Waals surface area contributed by atoms with E-state index in [0.29, 0.717) is 26.3 Å². The number of fused-ring (bicyclic) bond motifs is 2. The number of benzene rings is 2. The van der Waals surface area contributed by atoms with E-state index >= 15 is 0 Å². The fourth-order valence-electron chi connectivity index (χ4n) is 3.49. The van der Waals surface area contributed by atoms with E-state index < -0.39 is 6.09 Å². The quantitative estimate of drug-likeness (QED) is 0.224. The van der Waals surface area contributed by atoms with Crippen LogP contribution in [0.2, 0.25) is 0 Å². The van der Waals surface area contributed by atoms with E-state index in [1.165, 1.54) is 5.56 Å². The molecule has 1 aliphatic heterocycles. The molecule has 0 unspecified atom stereocenters. The van der Waals surface area contributed by atoms with Crippen molar-refractivity contribution < 1.29 is 14.3 Å². The molecule has 0 spiro atoms.